The minimum atomic E-state index is 0.572. The van der Waals surface area contributed by atoms with E-state index >= 15 is 0 Å². The van der Waals surface area contributed by atoms with Crippen molar-refractivity contribution in [3.8, 4) is 0 Å². The first-order valence-corrected chi connectivity index (χ1v) is 6.77. The molecule has 0 aromatic carbocycles. The van der Waals surface area contributed by atoms with Gasteiger partial charge in [0.1, 0.15) is 0 Å². The van der Waals surface area contributed by atoms with Crippen molar-refractivity contribution in [3.63, 3.8) is 0 Å². The maximum Gasteiger partial charge on any atom is 0.0580 e. The molecule has 0 radical (unpaired) electrons. The van der Waals surface area contributed by atoms with Crippen LogP contribution in [0.3, 0.4) is 0 Å². The molecule has 0 spiro atoms. The van der Waals surface area contributed by atoms with Gasteiger partial charge in [-0.15, -0.1) is 0 Å². The highest BCUT2D eigenvalue weighted by atomic mass is 16.5. The quantitative estimate of drug-likeness (QED) is 0.772. The molecule has 2 aliphatic carbocycles. The van der Waals surface area contributed by atoms with E-state index in [2.05, 4.69) is 12.2 Å². The Bertz CT molecular complexity index is 169. The largest absolute Gasteiger partial charge is 0.375 e. The molecule has 0 amide bonds. The third-order valence-electron chi connectivity index (χ3n) is 3.85. The zero-order valence-electron chi connectivity index (χ0n) is 10.0. The van der Waals surface area contributed by atoms with Crippen LogP contribution in [0.2, 0.25) is 0 Å². The van der Waals surface area contributed by atoms with Crippen LogP contribution < -0.4 is 5.32 Å². The van der Waals surface area contributed by atoms with Gasteiger partial charge >= 0.3 is 0 Å². The Kier molecular flexibility index (Phi) is 4.45. The van der Waals surface area contributed by atoms with Gasteiger partial charge in [0, 0.05) is 6.04 Å². The van der Waals surface area contributed by atoms with E-state index in [4.69, 9.17) is 4.74 Å². The van der Waals surface area contributed by atoms with Gasteiger partial charge in [-0.2, -0.15) is 0 Å². The van der Waals surface area contributed by atoms with E-state index in [9.17, 15) is 0 Å². The molecular formula is C13H25NO. The number of hydrogen-bond donors (Lipinski definition) is 1. The van der Waals surface area contributed by atoms with E-state index in [1.165, 1.54) is 51.4 Å². The molecule has 0 unspecified atom stereocenters. The van der Waals surface area contributed by atoms with Gasteiger partial charge in [0.15, 0.2) is 0 Å². The standard InChI is InChI=1S/C13H25NO/c1-2-14-11-7-9-13(10-8-11)15-12-5-3-4-6-12/h11-14H,2-10H2,1H3. The van der Waals surface area contributed by atoms with E-state index in [1.807, 2.05) is 0 Å². The Morgan fingerprint density at radius 3 is 2.13 bits per heavy atom. The summed E-state index contributed by atoms with van der Waals surface area (Å²) in [5.74, 6) is 0. The lowest BCUT2D eigenvalue weighted by Gasteiger charge is -2.30. The van der Waals surface area contributed by atoms with Crippen LogP contribution in [0.15, 0.2) is 0 Å². The van der Waals surface area contributed by atoms with Crippen molar-refractivity contribution in [1.82, 2.24) is 5.32 Å². The van der Waals surface area contributed by atoms with Gasteiger partial charge in [-0.1, -0.05) is 19.8 Å². The van der Waals surface area contributed by atoms with Gasteiger partial charge in [-0.3, -0.25) is 0 Å². The maximum absolute atomic E-state index is 6.15. The molecule has 88 valence electrons. The molecule has 0 aliphatic heterocycles. The van der Waals surface area contributed by atoms with E-state index in [1.54, 1.807) is 0 Å². The number of hydrogen-bond acceptors (Lipinski definition) is 2. The summed E-state index contributed by atoms with van der Waals surface area (Å²) in [6.45, 7) is 3.31. The summed E-state index contributed by atoms with van der Waals surface area (Å²) in [6.07, 6.45) is 11.7. The summed E-state index contributed by atoms with van der Waals surface area (Å²) >= 11 is 0. The molecule has 2 nitrogen and oxygen atoms in total. The first-order valence-electron chi connectivity index (χ1n) is 6.77. The van der Waals surface area contributed by atoms with Gasteiger partial charge in [0.05, 0.1) is 12.2 Å². The Balaban J connectivity index is 1.64. The SMILES string of the molecule is CCNC1CCC(OC2CCCC2)CC1. The molecule has 2 heteroatoms. The van der Waals surface area contributed by atoms with Crippen LogP contribution in [0.4, 0.5) is 0 Å². The van der Waals surface area contributed by atoms with Gasteiger partial charge < -0.3 is 10.1 Å². The Morgan fingerprint density at radius 1 is 0.933 bits per heavy atom. The first-order chi connectivity index (χ1) is 7.38. The van der Waals surface area contributed by atoms with E-state index in [-0.39, 0.29) is 0 Å². The van der Waals surface area contributed by atoms with Crippen molar-refractivity contribution in [2.24, 2.45) is 0 Å². The number of ether oxygens (including phenoxy) is 1. The second-order valence-corrected chi connectivity index (χ2v) is 5.07. The predicted molar refractivity (Wildman–Crippen MR) is 63.1 cm³/mol. The third kappa shape index (κ3) is 3.46. The van der Waals surface area contributed by atoms with E-state index < -0.39 is 0 Å². The summed E-state index contributed by atoms with van der Waals surface area (Å²) < 4.78 is 6.15. The van der Waals surface area contributed by atoms with Crippen LogP contribution in [0.25, 0.3) is 0 Å². The molecular weight excluding hydrogens is 186 g/mol. The van der Waals surface area contributed by atoms with Crippen molar-refractivity contribution < 1.29 is 4.74 Å². The molecule has 2 rings (SSSR count). The summed E-state index contributed by atoms with van der Waals surface area (Å²) in [5.41, 5.74) is 0. The zero-order valence-corrected chi connectivity index (χ0v) is 10.0. The zero-order chi connectivity index (χ0) is 10.5. The maximum atomic E-state index is 6.15. The van der Waals surface area contributed by atoms with Gasteiger partial charge in [0.2, 0.25) is 0 Å². The topological polar surface area (TPSA) is 21.3 Å². The van der Waals surface area contributed by atoms with Crippen LogP contribution in [0.1, 0.15) is 58.3 Å². The first kappa shape index (κ1) is 11.4. The highest BCUT2D eigenvalue weighted by Gasteiger charge is 2.25. The molecule has 0 aromatic heterocycles. The van der Waals surface area contributed by atoms with Crippen LogP contribution in [0, 0.1) is 0 Å². The molecule has 0 saturated heterocycles. The summed E-state index contributed by atoms with van der Waals surface area (Å²) in [6, 6.07) is 0.762. The van der Waals surface area contributed by atoms with E-state index in [0.717, 1.165) is 12.6 Å². The van der Waals surface area contributed by atoms with Crippen molar-refractivity contribution in [2.45, 2.75) is 76.5 Å². The number of rotatable bonds is 4. The van der Waals surface area contributed by atoms with E-state index in [0.29, 0.717) is 12.2 Å². The van der Waals surface area contributed by atoms with Crippen molar-refractivity contribution in [1.29, 1.82) is 0 Å². The fourth-order valence-electron chi connectivity index (χ4n) is 2.99. The minimum absolute atomic E-state index is 0.572. The Labute approximate surface area is 93.8 Å². The van der Waals surface area contributed by atoms with Gasteiger partial charge in [-0.25, -0.2) is 0 Å². The Morgan fingerprint density at radius 2 is 1.53 bits per heavy atom. The van der Waals surface area contributed by atoms with Crippen molar-refractivity contribution in [2.75, 3.05) is 6.54 Å². The lowest BCUT2D eigenvalue weighted by Crippen LogP contribution is -2.36. The Hall–Kier alpha value is -0.0800. The van der Waals surface area contributed by atoms with Gasteiger partial charge in [0.25, 0.3) is 0 Å². The molecule has 2 saturated carbocycles. The average molecular weight is 211 g/mol. The summed E-state index contributed by atoms with van der Waals surface area (Å²) in [4.78, 5) is 0. The van der Waals surface area contributed by atoms with Gasteiger partial charge in [-0.05, 0) is 45.1 Å². The molecule has 1 N–H and O–H groups in total. The lowest BCUT2D eigenvalue weighted by molar-refractivity contribution is -0.0296. The molecule has 0 bridgehead atoms. The predicted octanol–water partition coefficient (Wildman–Crippen LogP) is 2.87. The normalized spacial score (nSPS) is 33.4. The highest BCUT2D eigenvalue weighted by Crippen LogP contribution is 2.27. The van der Waals surface area contributed by atoms with Crippen molar-refractivity contribution in [3.05, 3.63) is 0 Å². The van der Waals surface area contributed by atoms with Crippen LogP contribution >= 0.6 is 0 Å². The molecule has 0 atom stereocenters. The second-order valence-electron chi connectivity index (χ2n) is 5.07. The summed E-state index contributed by atoms with van der Waals surface area (Å²) in [7, 11) is 0. The highest BCUT2D eigenvalue weighted by molar-refractivity contribution is 4.79. The van der Waals surface area contributed by atoms with Crippen LogP contribution in [-0.2, 0) is 4.74 Å². The third-order valence-corrected chi connectivity index (χ3v) is 3.85. The molecule has 2 aliphatic rings. The monoisotopic (exact) mass is 211 g/mol. The second kappa shape index (κ2) is 5.86. The molecule has 2 fully saturated rings. The molecule has 15 heavy (non-hydrogen) atoms. The fourth-order valence-corrected chi connectivity index (χ4v) is 2.99. The molecule has 0 heterocycles. The van der Waals surface area contributed by atoms with Crippen molar-refractivity contribution >= 4 is 0 Å². The average Bonchev–Trinajstić information content (AvgIpc) is 2.74. The van der Waals surface area contributed by atoms with Crippen LogP contribution in [0.5, 0.6) is 0 Å². The lowest BCUT2D eigenvalue weighted by atomic mass is 9.93. The smallest absolute Gasteiger partial charge is 0.0580 e. The summed E-state index contributed by atoms with van der Waals surface area (Å²) in [5, 5.41) is 3.54. The molecule has 0 aromatic rings. The number of nitrogens with one attached hydrogen (secondary N) is 1. The van der Waals surface area contributed by atoms with Crippen LogP contribution in [-0.4, -0.2) is 24.8 Å². The fraction of sp³-hybridized carbons (Fsp3) is 1.00. The minimum Gasteiger partial charge on any atom is -0.375 e.